The molecule has 116 valence electrons. The average molecular weight is 292 g/mol. The molecule has 0 aliphatic carbocycles. The molecule has 0 spiro atoms. The summed E-state index contributed by atoms with van der Waals surface area (Å²) in [5, 5.41) is 0. The normalized spacial score (nSPS) is 19.7. The summed E-state index contributed by atoms with van der Waals surface area (Å²) >= 11 is 0. The first-order valence-corrected chi connectivity index (χ1v) is 7.65. The van der Waals surface area contributed by atoms with Crippen molar-refractivity contribution in [3.63, 3.8) is 0 Å². The van der Waals surface area contributed by atoms with Crippen molar-refractivity contribution < 1.29 is 14.2 Å². The van der Waals surface area contributed by atoms with Gasteiger partial charge >= 0.3 is 0 Å². The van der Waals surface area contributed by atoms with Crippen molar-refractivity contribution in [2.45, 2.75) is 19.4 Å². The van der Waals surface area contributed by atoms with Gasteiger partial charge in [-0.1, -0.05) is 0 Å². The molecule has 3 rings (SSSR count). The standard InChI is InChI=1S/C16H24N2O3/c1-19-11-12-2-4-18(5-3-12)10-13-8-15-16(9-14(13)17)21-7-6-20-15/h8-9,12H,2-7,10-11,17H2,1H3. The Bertz CT molecular complexity index is 485. The summed E-state index contributed by atoms with van der Waals surface area (Å²) in [6.07, 6.45) is 2.39. The highest BCUT2D eigenvalue weighted by Crippen LogP contribution is 2.35. The number of hydrogen-bond acceptors (Lipinski definition) is 5. The number of piperidine rings is 1. The van der Waals surface area contributed by atoms with Gasteiger partial charge in [-0.25, -0.2) is 0 Å². The molecule has 0 amide bonds. The lowest BCUT2D eigenvalue weighted by Crippen LogP contribution is -2.34. The maximum atomic E-state index is 6.15. The SMILES string of the molecule is COCC1CCN(Cc2cc3c(cc2N)OCCO3)CC1. The summed E-state index contributed by atoms with van der Waals surface area (Å²) in [5.41, 5.74) is 8.07. The Morgan fingerprint density at radius 1 is 1.19 bits per heavy atom. The molecule has 0 saturated carbocycles. The smallest absolute Gasteiger partial charge is 0.163 e. The van der Waals surface area contributed by atoms with E-state index < -0.39 is 0 Å². The van der Waals surface area contributed by atoms with Crippen molar-refractivity contribution in [2.75, 3.05) is 45.8 Å². The fourth-order valence-electron chi connectivity index (χ4n) is 3.07. The number of rotatable bonds is 4. The molecule has 2 heterocycles. The van der Waals surface area contributed by atoms with Gasteiger partial charge in [0.1, 0.15) is 13.2 Å². The van der Waals surface area contributed by atoms with Crippen LogP contribution in [0.3, 0.4) is 0 Å². The van der Waals surface area contributed by atoms with Crippen LogP contribution in [0.15, 0.2) is 12.1 Å². The first-order chi connectivity index (χ1) is 10.3. The van der Waals surface area contributed by atoms with E-state index in [2.05, 4.69) is 4.90 Å². The Morgan fingerprint density at radius 2 is 1.86 bits per heavy atom. The van der Waals surface area contributed by atoms with E-state index in [0.717, 1.165) is 49.0 Å². The highest BCUT2D eigenvalue weighted by molar-refractivity contribution is 5.58. The molecule has 2 N–H and O–H groups in total. The quantitative estimate of drug-likeness (QED) is 0.859. The van der Waals surface area contributed by atoms with Crippen molar-refractivity contribution in [3.8, 4) is 11.5 Å². The first-order valence-electron chi connectivity index (χ1n) is 7.65. The number of fused-ring (bicyclic) bond motifs is 1. The van der Waals surface area contributed by atoms with Crippen molar-refractivity contribution >= 4 is 5.69 Å². The van der Waals surface area contributed by atoms with E-state index in [0.29, 0.717) is 19.1 Å². The second kappa shape index (κ2) is 6.54. The fraction of sp³-hybridized carbons (Fsp3) is 0.625. The molecule has 1 aromatic rings. The third-order valence-corrected chi connectivity index (χ3v) is 4.31. The molecular formula is C16H24N2O3. The van der Waals surface area contributed by atoms with E-state index in [9.17, 15) is 0 Å². The van der Waals surface area contributed by atoms with Gasteiger partial charge in [-0.2, -0.15) is 0 Å². The molecule has 1 saturated heterocycles. The molecule has 5 nitrogen and oxygen atoms in total. The number of benzene rings is 1. The second-order valence-corrected chi connectivity index (χ2v) is 5.87. The number of hydrogen-bond donors (Lipinski definition) is 1. The third kappa shape index (κ3) is 3.41. The van der Waals surface area contributed by atoms with Crippen molar-refractivity contribution in [3.05, 3.63) is 17.7 Å². The highest BCUT2D eigenvalue weighted by atomic mass is 16.6. The highest BCUT2D eigenvalue weighted by Gasteiger charge is 2.21. The van der Waals surface area contributed by atoms with E-state index >= 15 is 0 Å². The summed E-state index contributed by atoms with van der Waals surface area (Å²) in [6, 6.07) is 3.92. The van der Waals surface area contributed by atoms with E-state index in [1.54, 1.807) is 7.11 Å². The van der Waals surface area contributed by atoms with Crippen molar-refractivity contribution in [1.29, 1.82) is 0 Å². The lowest BCUT2D eigenvalue weighted by Gasteiger charge is -2.32. The molecule has 0 unspecified atom stereocenters. The minimum atomic E-state index is 0.596. The van der Waals surface area contributed by atoms with Crippen LogP contribution in [0.1, 0.15) is 18.4 Å². The minimum absolute atomic E-state index is 0.596. The third-order valence-electron chi connectivity index (χ3n) is 4.31. The van der Waals surface area contributed by atoms with Crippen molar-refractivity contribution in [1.82, 2.24) is 4.90 Å². The predicted octanol–water partition coefficient (Wildman–Crippen LogP) is 1.90. The molecule has 21 heavy (non-hydrogen) atoms. The zero-order chi connectivity index (χ0) is 14.7. The van der Waals surface area contributed by atoms with Crippen LogP contribution in [-0.4, -0.2) is 44.9 Å². The van der Waals surface area contributed by atoms with Crippen LogP contribution < -0.4 is 15.2 Å². The number of anilines is 1. The molecule has 0 radical (unpaired) electrons. The predicted molar refractivity (Wildman–Crippen MR) is 81.7 cm³/mol. The largest absolute Gasteiger partial charge is 0.486 e. The summed E-state index contributed by atoms with van der Waals surface area (Å²) in [6.45, 7) is 5.16. The number of nitrogen functional groups attached to an aromatic ring is 1. The van der Waals surface area contributed by atoms with Crippen molar-refractivity contribution in [2.24, 2.45) is 5.92 Å². The number of methoxy groups -OCH3 is 1. The molecule has 0 bridgehead atoms. The summed E-state index contributed by atoms with van der Waals surface area (Å²) in [5.74, 6) is 2.28. The Kier molecular flexibility index (Phi) is 4.51. The van der Waals surface area contributed by atoms with Gasteiger partial charge in [-0.3, -0.25) is 4.90 Å². The van der Waals surface area contributed by atoms with Gasteiger partial charge in [0, 0.05) is 32.0 Å². The van der Waals surface area contributed by atoms with E-state index in [1.165, 1.54) is 12.8 Å². The number of likely N-dealkylation sites (tertiary alicyclic amines) is 1. The zero-order valence-electron chi connectivity index (χ0n) is 12.6. The van der Waals surface area contributed by atoms with Crippen LogP contribution in [-0.2, 0) is 11.3 Å². The second-order valence-electron chi connectivity index (χ2n) is 5.87. The lowest BCUT2D eigenvalue weighted by molar-refractivity contribution is 0.0968. The number of ether oxygens (including phenoxy) is 3. The van der Waals surface area contributed by atoms with Gasteiger partial charge in [-0.05, 0) is 43.5 Å². The summed E-state index contributed by atoms with van der Waals surface area (Å²) in [4.78, 5) is 2.45. The van der Waals surface area contributed by atoms with Gasteiger partial charge in [-0.15, -0.1) is 0 Å². The number of nitrogens with zero attached hydrogens (tertiary/aromatic N) is 1. The lowest BCUT2D eigenvalue weighted by atomic mass is 9.97. The zero-order valence-corrected chi connectivity index (χ0v) is 12.6. The molecule has 2 aliphatic heterocycles. The maximum absolute atomic E-state index is 6.15. The summed E-state index contributed by atoms with van der Waals surface area (Å²) in [7, 11) is 1.78. The Balaban J connectivity index is 1.63. The van der Waals surface area contributed by atoms with Crippen LogP contribution in [0, 0.1) is 5.92 Å². The topological polar surface area (TPSA) is 57.0 Å². The van der Waals surface area contributed by atoms with Gasteiger partial charge in [0.25, 0.3) is 0 Å². The van der Waals surface area contributed by atoms with Crippen LogP contribution >= 0.6 is 0 Å². The molecule has 5 heteroatoms. The van der Waals surface area contributed by atoms with Crippen LogP contribution in [0.25, 0.3) is 0 Å². The van der Waals surface area contributed by atoms with Crippen LogP contribution in [0.4, 0.5) is 5.69 Å². The molecule has 0 aromatic heterocycles. The average Bonchev–Trinajstić information content (AvgIpc) is 2.50. The molecule has 1 aromatic carbocycles. The molecule has 1 fully saturated rings. The minimum Gasteiger partial charge on any atom is -0.486 e. The van der Waals surface area contributed by atoms with Gasteiger partial charge in [0.15, 0.2) is 11.5 Å². The monoisotopic (exact) mass is 292 g/mol. The van der Waals surface area contributed by atoms with Crippen LogP contribution in [0.2, 0.25) is 0 Å². The fourth-order valence-corrected chi connectivity index (χ4v) is 3.07. The summed E-state index contributed by atoms with van der Waals surface area (Å²) < 4.78 is 16.4. The van der Waals surface area contributed by atoms with E-state index in [1.807, 2.05) is 12.1 Å². The van der Waals surface area contributed by atoms with Gasteiger partial charge in [0.2, 0.25) is 0 Å². The number of nitrogens with two attached hydrogens (primary N) is 1. The van der Waals surface area contributed by atoms with E-state index in [-0.39, 0.29) is 0 Å². The molecule has 2 aliphatic rings. The molecule has 0 atom stereocenters. The first kappa shape index (κ1) is 14.5. The van der Waals surface area contributed by atoms with Crippen LogP contribution in [0.5, 0.6) is 11.5 Å². The Hall–Kier alpha value is -1.46. The Morgan fingerprint density at radius 3 is 2.52 bits per heavy atom. The van der Waals surface area contributed by atoms with Gasteiger partial charge < -0.3 is 19.9 Å². The van der Waals surface area contributed by atoms with Gasteiger partial charge in [0.05, 0.1) is 0 Å². The maximum Gasteiger partial charge on any atom is 0.163 e. The van der Waals surface area contributed by atoms with E-state index in [4.69, 9.17) is 19.9 Å². The Labute approximate surface area is 126 Å². The molecular weight excluding hydrogens is 268 g/mol.